The molecule has 0 amide bonds. The number of unbranched alkanes of at least 4 members (excludes halogenated alkanes) is 1. The van der Waals surface area contributed by atoms with Gasteiger partial charge in [0.25, 0.3) is 0 Å². The standard InChI is InChI=1S/C12H14N2O2S/c1-2-3-7-16-11(13)10-9(15)8-5-4-6-14-12(8)17-10/h4-6,13,15H,2-3,7H2,1H3. The fourth-order valence-electron chi connectivity index (χ4n) is 1.46. The van der Waals surface area contributed by atoms with Gasteiger partial charge in [0.15, 0.2) is 0 Å². The van der Waals surface area contributed by atoms with Crippen LogP contribution >= 0.6 is 11.3 Å². The van der Waals surface area contributed by atoms with Gasteiger partial charge in [-0.2, -0.15) is 0 Å². The highest BCUT2D eigenvalue weighted by atomic mass is 32.1. The molecule has 0 aromatic carbocycles. The molecule has 2 aromatic rings. The monoisotopic (exact) mass is 250 g/mol. The van der Waals surface area contributed by atoms with E-state index in [2.05, 4.69) is 11.9 Å². The Balaban J connectivity index is 2.23. The van der Waals surface area contributed by atoms with Gasteiger partial charge in [-0.15, -0.1) is 11.3 Å². The summed E-state index contributed by atoms with van der Waals surface area (Å²) in [7, 11) is 0. The number of aromatic hydroxyl groups is 1. The maximum absolute atomic E-state index is 9.97. The van der Waals surface area contributed by atoms with Crippen molar-refractivity contribution in [1.82, 2.24) is 4.98 Å². The molecule has 0 saturated heterocycles. The number of fused-ring (bicyclic) bond motifs is 1. The summed E-state index contributed by atoms with van der Waals surface area (Å²) < 4.78 is 5.28. The van der Waals surface area contributed by atoms with Crippen LogP contribution in [0.25, 0.3) is 10.2 Å². The summed E-state index contributed by atoms with van der Waals surface area (Å²) in [5.41, 5.74) is 0. The summed E-state index contributed by atoms with van der Waals surface area (Å²) in [5.74, 6) is 0.124. The summed E-state index contributed by atoms with van der Waals surface area (Å²) >= 11 is 1.28. The second-order valence-corrected chi connectivity index (χ2v) is 4.67. The van der Waals surface area contributed by atoms with E-state index in [-0.39, 0.29) is 11.6 Å². The van der Waals surface area contributed by atoms with Crippen molar-refractivity contribution in [2.45, 2.75) is 19.8 Å². The van der Waals surface area contributed by atoms with Crippen molar-refractivity contribution >= 4 is 27.5 Å². The Kier molecular flexibility index (Phi) is 3.58. The number of thiophene rings is 1. The molecule has 0 bridgehead atoms. The van der Waals surface area contributed by atoms with E-state index < -0.39 is 0 Å². The van der Waals surface area contributed by atoms with Gasteiger partial charge in [-0.1, -0.05) is 13.3 Å². The highest BCUT2D eigenvalue weighted by molar-refractivity contribution is 7.20. The van der Waals surface area contributed by atoms with E-state index in [0.29, 0.717) is 16.9 Å². The number of hydrogen-bond acceptors (Lipinski definition) is 5. The lowest BCUT2D eigenvalue weighted by molar-refractivity contribution is 0.295. The van der Waals surface area contributed by atoms with Crippen LogP contribution in [0.3, 0.4) is 0 Å². The third kappa shape index (κ3) is 2.39. The van der Waals surface area contributed by atoms with E-state index in [1.807, 2.05) is 0 Å². The molecule has 17 heavy (non-hydrogen) atoms. The van der Waals surface area contributed by atoms with Crippen LogP contribution in [-0.4, -0.2) is 22.6 Å². The van der Waals surface area contributed by atoms with Gasteiger partial charge in [0.2, 0.25) is 5.90 Å². The molecule has 0 aliphatic carbocycles. The first kappa shape index (κ1) is 11.9. The van der Waals surface area contributed by atoms with Crippen LogP contribution in [0.15, 0.2) is 18.3 Å². The average molecular weight is 250 g/mol. The zero-order chi connectivity index (χ0) is 12.3. The molecule has 0 atom stereocenters. The van der Waals surface area contributed by atoms with E-state index in [1.165, 1.54) is 11.3 Å². The molecule has 5 heteroatoms. The van der Waals surface area contributed by atoms with Crippen molar-refractivity contribution < 1.29 is 9.84 Å². The lowest BCUT2D eigenvalue weighted by atomic mass is 10.3. The first-order chi connectivity index (χ1) is 8.24. The predicted octanol–water partition coefficient (Wildman–Crippen LogP) is 3.14. The summed E-state index contributed by atoms with van der Waals surface area (Å²) in [6, 6.07) is 3.55. The van der Waals surface area contributed by atoms with Crippen molar-refractivity contribution in [1.29, 1.82) is 5.41 Å². The van der Waals surface area contributed by atoms with Crippen LogP contribution in [0.1, 0.15) is 24.6 Å². The van der Waals surface area contributed by atoms with Gasteiger partial charge < -0.3 is 9.84 Å². The second-order valence-electron chi connectivity index (χ2n) is 3.67. The van der Waals surface area contributed by atoms with E-state index in [1.54, 1.807) is 18.3 Å². The Labute approximate surface area is 103 Å². The fraction of sp³-hybridized carbons (Fsp3) is 0.333. The van der Waals surface area contributed by atoms with Gasteiger partial charge in [-0.3, -0.25) is 5.41 Å². The molecular formula is C12H14N2O2S. The molecule has 2 aromatic heterocycles. The molecule has 4 nitrogen and oxygen atoms in total. The minimum Gasteiger partial charge on any atom is -0.506 e. The number of nitrogens with zero attached hydrogens (tertiary/aromatic N) is 1. The molecule has 2 rings (SSSR count). The zero-order valence-corrected chi connectivity index (χ0v) is 10.4. The van der Waals surface area contributed by atoms with Gasteiger partial charge in [-0.25, -0.2) is 4.98 Å². The summed E-state index contributed by atoms with van der Waals surface area (Å²) in [5, 5.41) is 18.4. The largest absolute Gasteiger partial charge is 0.506 e. The van der Waals surface area contributed by atoms with Crippen molar-refractivity contribution in [3.8, 4) is 5.75 Å². The number of aromatic nitrogens is 1. The Morgan fingerprint density at radius 2 is 2.41 bits per heavy atom. The number of pyridine rings is 1. The first-order valence-corrected chi connectivity index (χ1v) is 6.34. The SMILES string of the molecule is CCCCOC(=N)c1sc2ncccc2c1O. The van der Waals surface area contributed by atoms with E-state index in [9.17, 15) is 5.11 Å². The van der Waals surface area contributed by atoms with Crippen LogP contribution < -0.4 is 0 Å². The predicted molar refractivity (Wildman–Crippen MR) is 69.0 cm³/mol. The number of ether oxygens (including phenoxy) is 1. The molecule has 0 saturated carbocycles. The average Bonchev–Trinajstić information content (AvgIpc) is 2.68. The molecule has 0 aliphatic heterocycles. The third-order valence-corrected chi connectivity index (χ3v) is 3.49. The fourth-order valence-corrected chi connectivity index (χ4v) is 2.40. The van der Waals surface area contributed by atoms with Gasteiger partial charge in [0.1, 0.15) is 15.5 Å². The summed E-state index contributed by atoms with van der Waals surface area (Å²) in [6.45, 7) is 2.57. The van der Waals surface area contributed by atoms with Crippen LogP contribution in [0.5, 0.6) is 5.75 Å². The Hall–Kier alpha value is -1.62. The first-order valence-electron chi connectivity index (χ1n) is 5.52. The minimum atomic E-state index is 0.0268. The molecule has 2 heterocycles. The smallest absolute Gasteiger partial charge is 0.227 e. The maximum Gasteiger partial charge on any atom is 0.227 e. The normalized spacial score (nSPS) is 10.6. The topological polar surface area (TPSA) is 66.2 Å². The molecular weight excluding hydrogens is 236 g/mol. The number of hydrogen-bond donors (Lipinski definition) is 2. The maximum atomic E-state index is 9.97. The van der Waals surface area contributed by atoms with Crippen LogP contribution in [0.4, 0.5) is 0 Å². The lowest BCUT2D eigenvalue weighted by Crippen LogP contribution is -2.04. The van der Waals surface area contributed by atoms with Crippen LogP contribution in [-0.2, 0) is 4.74 Å². The zero-order valence-electron chi connectivity index (χ0n) is 9.56. The van der Waals surface area contributed by atoms with Gasteiger partial charge in [-0.05, 0) is 18.6 Å². The summed E-state index contributed by atoms with van der Waals surface area (Å²) in [4.78, 5) is 5.33. The van der Waals surface area contributed by atoms with Crippen molar-refractivity contribution in [2.75, 3.05) is 6.61 Å². The molecule has 0 radical (unpaired) electrons. The van der Waals surface area contributed by atoms with E-state index in [4.69, 9.17) is 10.1 Å². The quantitative estimate of drug-likeness (QED) is 0.497. The van der Waals surface area contributed by atoms with E-state index >= 15 is 0 Å². The van der Waals surface area contributed by atoms with Crippen LogP contribution in [0.2, 0.25) is 0 Å². The molecule has 90 valence electrons. The Morgan fingerprint density at radius 1 is 1.59 bits per heavy atom. The van der Waals surface area contributed by atoms with Gasteiger partial charge >= 0.3 is 0 Å². The third-order valence-electron chi connectivity index (χ3n) is 2.39. The molecule has 0 spiro atoms. The molecule has 0 fully saturated rings. The van der Waals surface area contributed by atoms with Crippen molar-refractivity contribution in [3.05, 3.63) is 23.2 Å². The highest BCUT2D eigenvalue weighted by Crippen LogP contribution is 2.35. The second kappa shape index (κ2) is 5.14. The van der Waals surface area contributed by atoms with Crippen LogP contribution in [0, 0.1) is 5.41 Å². The van der Waals surface area contributed by atoms with Crippen molar-refractivity contribution in [3.63, 3.8) is 0 Å². The Bertz CT molecular complexity index is 536. The van der Waals surface area contributed by atoms with Gasteiger partial charge in [0.05, 0.1) is 12.0 Å². The Morgan fingerprint density at radius 3 is 3.12 bits per heavy atom. The molecule has 0 unspecified atom stereocenters. The van der Waals surface area contributed by atoms with Gasteiger partial charge in [0, 0.05) is 6.20 Å². The minimum absolute atomic E-state index is 0.0268. The summed E-state index contributed by atoms with van der Waals surface area (Å²) in [6.07, 6.45) is 3.60. The lowest BCUT2D eigenvalue weighted by Gasteiger charge is -2.04. The molecule has 0 aliphatic rings. The highest BCUT2D eigenvalue weighted by Gasteiger charge is 2.16. The van der Waals surface area contributed by atoms with Crippen molar-refractivity contribution in [2.24, 2.45) is 0 Å². The number of rotatable bonds is 4. The van der Waals surface area contributed by atoms with E-state index in [0.717, 1.165) is 17.7 Å². The number of nitrogens with one attached hydrogen (secondary N) is 1. The molecule has 2 N–H and O–H groups in total.